The maximum atomic E-state index is 12.3. The van der Waals surface area contributed by atoms with E-state index >= 15 is 0 Å². The monoisotopic (exact) mass is 314 g/mol. The molecule has 3 aromatic rings. The van der Waals surface area contributed by atoms with Crippen LogP contribution in [0.25, 0.3) is 4.96 Å². The van der Waals surface area contributed by atoms with Crippen LogP contribution in [-0.2, 0) is 0 Å². The van der Waals surface area contributed by atoms with E-state index in [0.717, 1.165) is 28.2 Å². The normalized spacial score (nSPS) is 10.9. The molecule has 0 fully saturated rings. The number of hydrogen-bond donors (Lipinski definition) is 1. The predicted molar refractivity (Wildman–Crippen MR) is 85.7 cm³/mol. The van der Waals surface area contributed by atoms with Crippen molar-refractivity contribution in [3.63, 3.8) is 0 Å². The van der Waals surface area contributed by atoms with Gasteiger partial charge in [0.15, 0.2) is 0 Å². The molecule has 0 aliphatic heterocycles. The van der Waals surface area contributed by atoms with Crippen LogP contribution >= 0.6 is 11.3 Å². The summed E-state index contributed by atoms with van der Waals surface area (Å²) in [6, 6.07) is 5.82. The molecule has 0 unspecified atom stereocenters. The summed E-state index contributed by atoms with van der Waals surface area (Å²) in [4.78, 5) is 28.6. The van der Waals surface area contributed by atoms with Crippen molar-refractivity contribution in [3.05, 3.63) is 56.4 Å². The number of hydrogen-bond acceptors (Lipinski definition) is 5. The number of anilines is 1. The minimum absolute atomic E-state index is 0.241. The number of nitrogens with one attached hydrogen (secondary N) is 1. The van der Waals surface area contributed by atoms with Crippen molar-refractivity contribution in [1.29, 1.82) is 0 Å². The maximum Gasteiger partial charge on any atom is 0.295 e. The zero-order valence-corrected chi connectivity index (χ0v) is 13.2. The molecular formula is C15H14N4O2S. The van der Waals surface area contributed by atoms with Gasteiger partial charge in [-0.1, -0.05) is 29.0 Å². The molecule has 0 radical (unpaired) electrons. The number of rotatable bonds is 2. The molecule has 0 aliphatic carbocycles. The Morgan fingerprint density at radius 2 is 2.05 bits per heavy atom. The second-order valence-corrected chi connectivity index (χ2v) is 6.11. The smallest absolute Gasteiger partial charge is 0.295 e. The molecule has 0 spiro atoms. The van der Waals surface area contributed by atoms with Crippen LogP contribution in [-0.4, -0.2) is 20.5 Å². The van der Waals surface area contributed by atoms with Gasteiger partial charge in [0.2, 0.25) is 4.96 Å². The fourth-order valence-electron chi connectivity index (χ4n) is 2.10. The second-order valence-electron chi connectivity index (χ2n) is 5.10. The molecule has 22 heavy (non-hydrogen) atoms. The van der Waals surface area contributed by atoms with Gasteiger partial charge in [-0.25, -0.2) is 4.52 Å². The van der Waals surface area contributed by atoms with Crippen molar-refractivity contribution in [1.82, 2.24) is 14.6 Å². The van der Waals surface area contributed by atoms with E-state index in [-0.39, 0.29) is 11.5 Å². The molecule has 1 amide bonds. The molecule has 1 aromatic carbocycles. The number of amides is 1. The van der Waals surface area contributed by atoms with Gasteiger partial charge in [0, 0.05) is 5.69 Å². The van der Waals surface area contributed by atoms with Gasteiger partial charge in [0.05, 0.1) is 6.20 Å². The summed E-state index contributed by atoms with van der Waals surface area (Å²) >= 11 is 1.13. The van der Waals surface area contributed by atoms with Crippen LogP contribution < -0.4 is 10.9 Å². The molecule has 6 nitrogen and oxygen atoms in total. The van der Waals surface area contributed by atoms with Gasteiger partial charge < -0.3 is 5.32 Å². The van der Waals surface area contributed by atoms with Gasteiger partial charge in [0.1, 0.15) is 10.6 Å². The minimum atomic E-state index is -0.372. The summed E-state index contributed by atoms with van der Waals surface area (Å²) in [5.74, 6) is -0.241. The molecular weight excluding hydrogens is 300 g/mol. The first-order valence-electron chi connectivity index (χ1n) is 6.70. The molecule has 0 saturated heterocycles. The van der Waals surface area contributed by atoms with E-state index < -0.39 is 0 Å². The largest absolute Gasteiger partial charge is 0.321 e. The maximum absolute atomic E-state index is 12.3. The van der Waals surface area contributed by atoms with Crippen LogP contribution in [0.1, 0.15) is 26.5 Å². The Labute approximate surface area is 130 Å². The third-order valence-corrected chi connectivity index (χ3v) is 4.23. The van der Waals surface area contributed by atoms with Crippen LogP contribution in [0.4, 0.5) is 5.69 Å². The number of benzene rings is 1. The predicted octanol–water partition coefficient (Wildman–Crippen LogP) is 2.33. The van der Waals surface area contributed by atoms with Gasteiger partial charge in [0.25, 0.3) is 11.5 Å². The van der Waals surface area contributed by atoms with E-state index in [2.05, 4.69) is 15.4 Å². The van der Waals surface area contributed by atoms with Gasteiger partial charge in [-0.3, -0.25) is 9.59 Å². The van der Waals surface area contributed by atoms with Crippen LogP contribution in [0.15, 0.2) is 29.2 Å². The zero-order valence-electron chi connectivity index (χ0n) is 12.4. The molecule has 0 atom stereocenters. The number of nitrogens with zero attached hydrogens (tertiary/aromatic N) is 3. The van der Waals surface area contributed by atoms with Crippen LogP contribution in [0.5, 0.6) is 0 Å². The molecule has 112 valence electrons. The average molecular weight is 314 g/mol. The van der Waals surface area contributed by atoms with E-state index in [1.54, 1.807) is 13.1 Å². The number of carbonyl (C=O) groups excluding carboxylic acids is 1. The van der Waals surface area contributed by atoms with E-state index in [1.165, 1.54) is 4.52 Å². The third-order valence-electron chi connectivity index (χ3n) is 3.26. The van der Waals surface area contributed by atoms with Gasteiger partial charge >= 0.3 is 0 Å². The molecule has 0 aliphatic rings. The number of aromatic nitrogens is 3. The van der Waals surface area contributed by atoms with Crippen molar-refractivity contribution in [2.45, 2.75) is 20.8 Å². The lowest BCUT2D eigenvalue weighted by atomic mass is 10.1. The van der Waals surface area contributed by atoms with E-state index in [4.69, 9.17) is 0 Å². The number of fused-ring (bicyclic) bond motifs is 1. The highest BCUT2D eigenvalue weighted by Crippen LogP contribution is 2.19. The molecule has 2 heterocycles. The molecule has 2 aromatic heterocycles. The fraction of sp³-hybridized carbons (Fsp3) is 0.200. The summed E-state index contributed by atoms with van der Waals surface area (Å²) in [7, 11) is 0. The lowest BCUT2D eigenvalue weighted by molar-refractivity contribution is 0.103. The average Bonchev–Trinajstić information content (AvgIpc) is 2.85. The topological polar surface area (TPSA) is 76.4 Å². The van der Waals surface area contributed by atoms with Crippen molar-refractivity contribution in [2.24, 2.45) is 0 Å². The highest BCUT2D eigenvalue weighted by molar-refractivity contribution is 7.18. The summed E-state index contributed by atoms with van der Waals surface area (Å²) in [5, 5.41) is 6.95. The Hall–Kier alpha value is -2.54. The summed E-state index contributed by atoms with van der Waals surface area (Å²) in [5.41, 5.74) is 2.83. The van der Waals surface area contributed by atoms with Crippen LogP contribution in [0.2, 0.25) is 0 Å². The van der Waals surface area contributed by atoms with Crippen LogP contribution in [0, 0.1) is 20.8 Å². The standard InChI is InChI=1S/C15H14N4O2S/c1-8-4-5-11(9(2)6-8)16-14(21)12-7-19-15(22-12)17-13(20)10(3)18-19/h4-7H,1-3H3,(H,16,21). The zero-order chi connectivity index (χ0) is 15.9. The Bertz CT molecular complexity index is 942. The van der Waals surface area contributed by atoms with E-state index in [1.807, 2.05) is 32.0 Å². The summed E-state index contributed by atoms with van der Waals surface area (Å²) in [6.07, 6.45) is 1.58. The first-order chi connectivity index (χ1) is 10.4. The molecule has 7 heteroatoms. The van der Waals surface area contributed by atoms with E-state index in [9.17, 15) is 9.59 Å². The third kappa shape index (κ3) is 2.62. The van der Waals surface area contributed by atoms with Gasteiger partial charge in [-0.05, 0) is 32.4 Å². The molecule has 0 bridgehead atoms. The number of carbonyl (C=O) groups is 1. The lowest BCUT2D eigenvalue weighted by Crippen LogP contribution is -2.14. The van der Waals surface area contributed by atoms with Gasteiger partial charge in [-0.15, -0.1) is 0 Å². The highest BCUT2D eigenvalue weighted by atomic mass is 32.1. The van der Waals surface area contributed by atoms with Crippen molar-refractivity contribution >= 4 is 27.9 Å². The van der Waals surface area contributed by atoms with E-state index in [0.29, 0.717) is 15.5 Å². The van der Waals surface area contributed by atoms with Crippen molar-refractivity contribution in [2.75, 3.05) is 5.32 Å². The first-order valence-corrected chi connectivity index (χ1v) is 7.51. The molecule has 1 N–H and O–H groups in total. The van der Waals surface area contributed by atoms with Gasteiger partial charge in [-0.2, -0.15) is 10.1 Å². The number of thiazole rings is 1. The summed E-state index contributed by atoms with van der Waals surface area (Å²) < 4.78 is 1.46. The SMILES string of the molecule is Cc1ccc(NC(=O)c2cn3nc(C)c(=O)nc3s2)c(C)c1. The fourth-order valence-corrected chi connectivity index (χ4v) is 2.91. The Morgan fingerprint density at radius 3 is 2.77 bits per heavy atom. The Morgan fingerprint density at radius 1 is 1.27 bits per heavy atom. The molecule has 3 rings (SSSR count). The Balaban J connectivity index is 1.93. The molecule has 0 saturated carbocycles. The minimum Gasteiger partial charge on any atom is -0.321 e. The summed E-state index contributed by atoms with van der Waals surface area (Å²) in [6.45, 7) is 5.54. The van der Waals surface area contributed by atoms with Crippen molar-refractivity contribution < 1.29 is 4.79 Å². The Kier molecular flexibility index (Phi) is 3.50. The number of aryl methyl sites for hydroxylation is 3. The van der Waals surface area contributed by atoms with Crippen LogP contribution in [0.3, 0.4) is 0 Å². The quantitative estimate of drug-likeness (QED) is 0.787. The second kappa shape index (κ2) is 5.34. The highest BCUT2D eigenvalue weighted by Gasteiger charge is 2.13. The van der Waals surface area contributed by atoms with Crippen molar-refractivity contribution in [3.8, 4) is 0 Å². The first kappa shape index (κ1) is 14.4. The lowest BCUT2D eigenvalue weighted by Gasteiger charge is -2.07.